The van der Waals surface area contributed by atoms with E-state index in [9.17, 15) is 8.42 Å². The lowest BCUT2D eigenvalue weighted by atomic mass is 10.0. The molecule has 0 unspecified atom stereocenters. The summed E-state index contributed by atoms with van der Waals surface area (Å²) in [7, 11) is -1.57. The van der Waals surface area contributed by atoms with Gasteiger partial charge in [-0.05, 0) is 38.5 Å². The number of hydrogen-bond donors (Lipinski definition) is 1. The van der Waals surface area contributed by atoms with Gasteiger partial charge in [0.05, 0.1) is 5.75 Å². The van der Waals surface area contributed by atoms with Gasteiger partial charge in [-0.2, -0.15) is 4.31 Å². The van der Waals surface area contributed by atoms with Crippen LogP contribution in [-0.4, -0.2) is 36.8 Å². The van der Waals surface area contributed by atoms with Crippen molar-refractivity contribution in [1.82, 2.24) is 4.31 Å². The third-order valence-corrected chi connectivity index (χ3v) is 6.91. The Bertz CT molecular complexity index is 542. The normalized spacial score (nSPS) is 12.8. The molecular formula is C14H24N2O2S2. The van der Waals surface area contributed by atoms with Gasteiger partial charge in [0.2, 0.25) is 10.0 Å². The average molecular weight is 316 g/mol. The second kappa shape index (κ2) is 6.83. The molecule has 0 atom stereocenters. The van der Waals surface area contributed by atoms with E-state index in [4.69, 9.17) is 5.73 Å². The van der Waals surface area contributed by atoms with Gasteiger partial charge in [-0.1, -0.05) is 13.0 Å². The first-order valence-electron chi connectivity index (χ1n) is 6.64. The van der Waals surface area contributed by atoms with Crippen molar-refractivity contribution in [3.05, 3.63) is 24.3 Å². The summed E-state index contributed by atoms with van der Waals surface area (Å²) in [5.41, 5.74) is 6.05. The van der Waals surface area contributed by atoms with Gasteiger partial charge in [-0.25, -0.2) is 8.42 Å². The maximum absolute atomic E-state index is 12.3. The molecule has 0 spiro atoms. The van der Waals surface area contributed by atoms with Crippen LogP contribution in [0.3, 0.4) is 0 Å². The molecule has 0 aromatic heterocycles. The molecule has 2 N–H and O–H groups in total. The van der Waals surface area contributed by atoms with Crippen molar-refractivity contribution >= 4 is 27.5 Å². The summed E-state index contributed by atoms with van der Waals surface area (Å²) in [6.45, 7) is 5.87. The molecule has 1 rings (SSSR count). The Morgan fingerprint density at radius 1 is 1.35 bits per heavy atom. The van der Waals surface area contributed by atoms with E-state index in [0.717, 1.165) is 11.3 Å². The summed E-state index contributed by atoms with van der Waals surface area (Å²) >= 11 is 1.51. The predicted molar refractivity (Wildman–Crippen MR) is 87.5 cm³/mol. The van der Waals surface area contributed by atoms with Gasteiger partial charge in [-0.15, -0.1) is 11.8 Å². The monoisotopic (exact) mass is 316 g/mol. The van der Waals surface area contributed by atoms with Crippen molar-refractivity contribution < 1.29 is 8.42 Å². The Balaban J connectivity index is 2.60. The molecule has 0 bridgehead atoms. The summed E-state index contributed by atoms with van der Waals surface area (Å²) in [6.07, 6.45) is 0.783. The quantitative estimate of drug-likeness (QED) is 0.620. The number of rotatable bonds is 7. The van der Waals surface area contributed by atoms with Gasteiger partial charge in [0.15, 0.2) is 0 Å². The third kappa shape index (κ3) is 4.68. The highest BCUT2D eigenvalue weighted by Gasteiger charge is 2.30. The smallest absolute Gasteiger partial charge is 0.215 e. The molecule has 0 saturated carbocycles. The predicted octanol–water partition coefficient (Wildman–Crippen LogP) is 2.81. The lowest BCUT2D eigenvalue weighted by molar-refractivity contribution is 0.257. The number of thioether (sulfide) groups is 1. The molecule has 1 aromatic rings. The average Bonchev–Trinajstić information content (AvgIpc) is 2.37. The number of nitrogens with two attached hydrogens (primary N) is 1. The van der Waals surface area contributed by atoms with Gasteiger partial charge in [0, 0.05) is 28.9 Å². The van der Waals surface area contributed by atoms with Crippen LogP contribution >= 0.6 is 11.8 Å². The van der Waals surface area contributed by atoms with Crippen molar-refractivity contribution in [3.63, 3.8) is 0 Å². The van der Waals surface area contributed by atoms with E-state index < -0.39 is 10.0 Å². The molecule has 0 aliphatic carbocycles. The molecule has 0 radical (unpaired) electrons. The fourth-order valence-electron chi connectivity index (χ4n) is 1.61. The van der Waals surface area contributed by atoms with E-state index in [-0.39, 0.29) is 11.3 Å². The van der Waals surface area contributed by atoms with Crippen LogP contribution in [0.4, 0.5) is 5.69 Å². The van der Waals surface area contributed by atoms with E-state index >= 15 is 0 Å². The number of anilines is 1. The van der Waals surface area contributed by atoms with Crippen LogP contribution in [0.25, 0.3) is 0 Å². The standard InChI is InChI=1S/C14H24N2O2S2/c1-5-14(2,3)16(4)20(17,18)10-9-19-13-8-6-7-12(15)11-13/h6-8,11H,5,9-10,15H2,1-4H3. The molecular weight excluding hydrogens is 292 g/mol. The second-order valence-corrected chi connectivity index (χ2v) is 8.66. The van der Waals surface area contributed by atoms with Crippen LogP contribution in [-0.2, 0) is 10.0 Å². The molecule has 0 amide bonds. The fourth-order valence-corrected chi connectivity index (χ4v) is 4.57. The highest BCUT2D eigenvalue weighted by molar-refractivity contribution is 8.00. The topological polar surface area (TPSA) is 63.4 Å². The Morgan fingerprint density at radius 3 is 2.55 bits per heavy atom. The molecule has 1 aromatic carbocycles. The Morgan fingerprint density at radius 2 is 2.00 bits per heavy atom. The molecule has 0 fully saturated rings. The zero-order valence-electron chi connectivity index (χ0n) is 12.6. The molecule has 6 heteroatoms. The Labute approximate surface area is 126 Å². The van der Waals surface area contributed by atoms with Crippen LogP contribution in [0, 0.1) is 0 Å². The first-order chi connectivity index (χ1) is 9.19. The zero-order valence-corrected chi connectivity index (χ0v) is 14.2. The second-order valence-electron chi connectivity index (χ2n) is 5.37. The number of sulfonamides is 1. The largest absolute Gasteiger partial charge is 0.399 e. The molecule has 20 heavy (non-hydrogen) atoms. The van der Waals surface area contributed by atoms with Crippen molar-refractivity contribution in [2.45, 2.75) is 37.6 Å². The van der Waals surface area contributed by atoms with Gasteiger partial charge in [0.25, 0.3) is 0 Å². The summed E-state index contributed by atoms with van der Waals surface area (Å²) in [5.74, 6) is 0.655. The summed E-state index contributed by atoms with van der Waals surface area (Å²) < 4.78 is 26.0. The number of nitrogen functional groups attached to an aromatic ring is 1. The van der Waals surface area contributed by atoms with E-state index in [1.807, 2.05) is 45.0 Å². The SMILES string of the molecule is CCC(C)(C)N(C)S(=O)(=O)CCSc1cccc(N)c1. The maximum Gasteiger partial charge on any atom is 0.215 e. The zero-order chi connectivity index (χ0) is 15.4. The van der Waals surface area contributed by atoms with Crippen LogP contribution < -0.4 is 5.73 Å². The molecule has 0 aliphatic heterocycles. The van der Waals surface area contributed by atoms with Crippen molar-refractivity contribution in [2.24, 2.45) is 0 Å². The van der Waals surface area contributed by atoms with E-state index in [2.05, 4.69) is 0 Å². The first kappa shape index (κ1) is 17.3. The van der Waals surface area contributed by atoms with E-state index in [1.165, 1.54) is 16.1 Å². The highest BCUT2D eigenvalue weighted by Crippen LogP contribution is 2.23. The third-order valence-electron chi connectivity index (χ3n) is 3.60. The van der Waals surface area contributed by atoms with Gasteiger partial charge in [-0.3, -0.25) is 0 Å². The van der Waals surface area contributed by atoms with Crippen molar-refractivity contribution in [1.29, 1.82) is 0 Å². The highest BCUT2D eigenvalue weighted by atomic mass is 32.2. The Kier molecular flexibility index (Phi) is 5.91. The fraction of sp³-hybridized carbons (Fsp3) is 0.571. The van der Waals surface area contributed by atoms with Gasteiger partial charge >= 0.3 is 0 Å². The minimum atomic E-state index is -3.23. The van der Waals surface area contributed by atoms with Crippen LogP contribution in [0.2, 0.25) is 0 Å². The minimum Gasteiger partial charge on any atom is -0.399 e. The van der Waals surface area contributed by atoms with Crippen molar-refractivity contribution in [3.8, 4) is 0 Å². The molecule has 0 heterocycles. The number of nitrogens with zero attached hydrogens (tertiary/aromatic N) is 1. The molecule has 0 aliphatic rings. The molecule has 0 saturated heterocycles. The summed E-state index contributed by atoms with van der Waals surface area (Å²) in [6, 6.07) is 7.49. The maximum atomic E-state index is 12.3. The first-order valence-corrected chi connectivity index (χ1v) is 9.23. The minimum absolute atomic E-state index is 0.131. The van der Waals surface area contributed by atoms with Gasteiger partial charge in [0.1, 0.15) is 0 Å². The van der Waals surface area contributed by atoms with Crippen molar-refractivity contribution in [2.75, 3.05) is 24.3 Å². The Hall–Kier alpha value is -0.720. The van der Waals surface area contributed by atoms with Crippen LogP contribution in [0.1, 0.15) is 27.2 Å². The number of hydrogen-bond acceptors (Lipinski definition) is 4. The summed E-state index contributed by atoms with van der Waals surface area (Å²) in [5, 5.41) is 0. The summed E-state index contributed by atoms with van der Waals surface area (Å²) in [4.78, 5) is 0.998. The van der Waals surface area contributed by atoms with Crippen LogP contribution in [0.15, 0.2) is 29.2 Å². The van der Waals surface area contributed by atoms with E-state index in [0.29, 0.717) is 11.4 Å². The molecule has 114 valence electrons. The number of benzene rings is 1. The van der Waals surface area contributed by atoms with E-state index in [1.54, 1.807) is 7.05 Å². The molecule has 4 nitrogen and oxygen atoms in total. The van der Waals surface area contributed by atoms with Gasteiger partial charge < -0.3 is 5.73 Å². The lowest BCUT2D eigenvalue weighted by Crippen LogP contribution is -2.45. The van der Waals surface area contributed by atoms with Crippen LogP contribution in [0.5, 0.6) is 0 Å². The lowest BCUT2D eigenvalue weighted by Gasteiger charge is -2.33.